The second kappa shape index (κ2) is 7.08. The third kappa shape index (κ3) is 3.23. The Balaban J connectivity index is 1.95. The fourth-order valence-corrected chi connectivity index (χ4v) is 4.36. The van der Waals surface area contributed by atoms with Gasteiger partial charge in [-0.3, -0.25) is 19.3 Å². The number of hydrogen-bond donors (Lipinski definition) is 1. The highest BCUT2D eigenvalue weighted by atomic mass is 19.4. The lowest BCUT2D eigenvalue weighted by Gasteiger charge is -2.35. The van der Waals surface area contributed by atoms with Gasteiger partial charge in [-0.1, -0.05) is 31.5 Å². The van der Waals surface area contributed by atoms with Gasteiger partial charge in [0.15, 0.2) is 11.5 Å². The zero-order valence-corrected chi connectivity index (χ0v) is 17.7. The maximum Gasteiger partial charge on any atom is 0.425 e. The van der Waals surface area contributed by atoms with E-state index in [1.807, 2.05) is 5.32 Å². The van der Waals surface area contributed by atoms with E-state index < -0.39 is 46.1 Å². The number of carbonyl (C=O) groups excluding carboxylic acids is 3. The predicted molar refractivity (Wildman–Crippen MR) is 109 cm³/mol. The number of rotatable bonds is 3. The van der Waals surface area contributed by atoms with Gasteiger partial charge in [-0.15, -0.1) is 0 Å². The molecule has 0 bridgehead atoms. The van der Waals surface area contributed by atoms with E-state index in [1.54, 1.807) is 32.9 Å². The van der Waals surface area contributed by atoms with E-state index >= 15 is 0 Å². The van der Waals surface area contributed by atoms with E-state index in [2.05, 4.69) is 0 Å². The molecule has 0 fully saturated rings. The van der Waals surface area contributed by atoms with Crippen LogP contribution in [0.15, 0.2) is 58.3 Å². The highest BCUT2D eigenvalue weighted by Crippen LogP contribution is 2.52. The molecule has 0 saturated carbocycles. The summed E-state index contributed by atoms with van der Waals surface area (Å²) in [4.78, 5) is 40.2. The third-order valence-corrected chi connectivity index (χ3v) is 5.78. The summed E-state index contributed by atoms with van der Waals surface area (Å²) >= 11 is 0. The van der Waals surface area contributed by atoms with Crippen LogP contribution in [0.4, 0.5) is 18.9 Å². The molecular weight excluding hydrogens is 425 g/mol. The lowest BCUT2D eigenvalue weighted by atomic mass is 9.72. The number of carbonyl (C=O) groups is 3. The number of benzene rings is 1. The summed E-state index contributed by atoms with van der Waals surface area (Å²) in [6.07, 6.45) is -4.27. The molecule has 2 aliphatic rings. The van der Waals surface area contributed by atoms with Crippen molar-refractivity contribution in [2.75, 3.05) is 4.90 Å². The summed E-state index contributed by atoms with van der Waals surface area (Å²) in [5.74, 6) is -3.90. The van der Waals surface area contributed by atoms with Gasteiger partial charge in [-0.05, 0) is 43.0 Å². The lowest BCUT2D eigenvalue weighted by Crippen LogP contribution is -2.66. The summed E-state index contributed by atoms with van der Waals surface area (Å²) in [7, 11) is 0. The quantitative estimate of drug-likeness (QED) is 0.762. The van der Waals surface area contributed by atoms with Crippen LogP contribution < -0.4 is 10.2 Å². The zero-order valence-electron chi connectivity index (χ0n) is 17.7. The standard InChI is InChI=1S/C23H21F3N2O4/c1-13-6-8-14(9-7-13)28-15-11-21(2,3)12-16(29)18(15)22(20(28)31,23(24,25)26)27-19(30)17-5-4-10-32-17/h4-10H,11-12H2,1-3H3,(H,27,30)/t22-/m1/s1. The molecule has 1 aliphatic heterocycles. The molecule has 1 N–H and O–H groups in total. The molecule has 0 unspecified atom stereocenters. The number of furan rings is 1. The fraction of sp³-hybridized carbons (Fsp3) is 0.348. The van der Waals surface area contributed by atoms with Crippen molar-refractivity contribution >= 4 is 23.3 Å². The Hall–Kier alpha value is -3.36. The molecule has 168 valence electrons. The van der Waals surface area contributed by atoms with Crippen LogP contribution in [0.5, 0.6) is 0 Å². The number of allylic oxidation sites excluding steroid dienone is 1. The summed E-state index contributed by atoms with van der Waals surface area (Å²) in [5, 5.41) is 1.83. The maximum absolute atomic E-state index is 14.7. The number of amides is 2. The minimum Gasteiger partial charge on any atom is -0.459 e. The molecule has 2 aromatic rings. The maximum atomic E-state index is 14.7. The van der Waals surface area contributed by atoms with E-state index in [1.165, 1.54) is 24.3 Å². The average molecular weight is 446 g/mol. The molecule has 0 spiro atoms. The second-order valence-corrected chi connectivity index (χ2v) is 8.92. The summed E-state index contributed by atoms with van der Waals surface area (Å²) in [5.41, 5.74) is -3.90. The molecule has 2 heterocycles. The molecule has 0 saturated heterocycles. The number of hydrogen-bond acceptors (Lipinski definition) is 4. The van der Waals surface area contributed by atoms with Gasteiger partial charge in [0.1, 0.15) is 0 Å². The molecule has 0 radical (unpaired) electrons. The van der Waals surface area contributed by atoms with E-state index in [-0.39, 0.29) is 24.2 Å². The summed E-state index contributed by atoms with van der Waals surface area (Å²) in [6, 6.07) is 8.87. The fourth-order valence-electron chi connectivity index (χ4n) is 4.36. The Labute approximate surface area is 182 Å². The Bertz CT molecular complexity index is 1130. The molecule has 1 aromatic carbocycles. The summed E-state index contributed by atoms with van der Waals surface area (Å²) < 4.78 is 49.0. The molecular formula is C23H21F3N2O4. The second-order valence-electron chi connectivity index (χ2n) is 8.92. The number of nitrogens with one attached hydrogen (secondary N) is 1. The van der Waals surface area contributed by atoms with Crippen molar-refractivity contribution in [3.8, 4) is 0 Å². The van der Waals surface area contributed by atoms with Crippen LogP contribution >= 0.6 is 0 Å². The van der Waals surface area contributed by atoms with Crippen LogP contribution in [0.1, 0.15) is 42.8 Å². The molecule has 9 heteroatoms. The molecule has 2 amide bonds. The van der Waals surface area contributed by atoms with Crippen molar-refractivity contribution in [3.05, 3.63) is 65.3 Å². The SMILES string of the molecule is Cc1ccc(N2C(=O)[C@@](NC(=O)c3ccco3)(C(F)(F)F)C3=C2CC(C)(C)CC3=O)cc1. The van der Waals surface area contributed by atoms with Crippen LogP contribution in [0, 0.1) is 12.3 Å². The van der Waals surface area contributed by atoms with E-state index in [4.69, 9.17) is 4.42 Å². The number of nitrogens with zero attached hydrogens (tertiary/aromatic N) is 1. The Kier molecular flexibility index (Phi) is 4.84. The van der Waals surface area contributed by atoms with Gasteiger partial charge >= 0.3 is 6.18 Å². The highest BCUT2D eigenvalue weighted by molar-refractivity contribution is 6.21. The average Bonchev–Trinajstić information content (AvgIpc) is 3.28. The molecule has 4 rings (SSSR count). The Morgan fingerprint density at radius 1 is 1.09 bits per heavy atom. The van der Waals surface area contributed by atoms with E-state index in [0.29, 0.717) is 0 Å². The first-order valence-electron chi connectivity index (χ1n) is 9.98. The Morgan fingerprint density at radius 2 is 1.75 bits per heavy atom. The number of alkyl halides is 3. The lowest BCUT2D eigenvalue weighted by molar-refractivity contribution is -0.186. The number of aryl methyl sites for hydroxylation is 1. The first-order valence-corrected chi connectivity index (χ1v) is 9.98. The van der Waals surface area contributed by atoms with Crippen LogP contribution in [0.2, 0.25) is 0 Å². The van der Waals surface area contributed by atoms with Crippen molar-refractivity contribution in [1.29, 1.82) is 0 Å². The van der Waals surface area contributed by atoms with Gasteiger partial charge in [0.05, 0.1) is 11.8 Å². The van der Waals surface area contributed by atoms with Crippen LogP contribution in [0.3, 0.4) is 0 Å². The molecule has 1 aromatic heterocycles. The normalized spacial score (nSPS) is 22.9. The molecule has 1 aliphatic carbocycles. The van der Waals surface area contributed by atoms with Crippen molar-refractivity contribution in [3.63, 3.8) is 0 Å². The van der Waals surface area contributed by atoms with Crippen LogP contribution in [-0.4, -0.2) is 29.3 Å². The van der Waals surface area contributed by atoms with Gasteiger partial charge in [0.25, 0.3) is 11.8 Å². The zero-order chi connectivity index (χ0) is 23.5. The van der Waals surface area contributed by atoms with Crippen molar-refractivity contribution in [2.24, 2.45) is 5.41 Å². The number of anilines is 1. The number of halogens is 3. The van der Waals surface area contributed by atoms with Gasteiger partial charge in [-0.2, -0.15) is 13.2 Å². The third-order valence-electron chi connectivity index (χ3n) is 5.78. The first-order chi connectivity index (χ1) is 14.9. The van der Waals surface area contributed by atoms with Crippen LogP contribution in [0.25, 0.3) is 0 Å². The molecule has 6 nitrogen and oxygen atoms in total. The largest absolute Gasteiger partial charge is 0.459 e. The van der Waals surface area contributed by atoms with Crippen LogP contribution in [-0.2, 0) is 9.59 Å². The van der Waals surface area contributed by atoms with Crippen molar-refractivity contribution in [1.82, 2.24) is 5.32 Å². The minimum absolute atomic E-state index is 0.0443. The first kappa shape index (κ1) is 21.9. The van der Waals surface area contributed by atoms with E-state index in [9.17, 15) is 27.6 Å². The number of Topliss-reactive ketones (excluding diaryl/α,β-unsaturated/α-hetero) is 1. The predicted octanol–water partition coefficient (Wildman–Crippen LogP) is 4.31. The van der Waals surface area contributed by atoms with Gasteiger partial charge in [0, 0.05) is 17.8 Å². The molecule has 1 atom stereocenters. The smallest absolute Gasteiger partial charge is 0.425 e. The van der Waals surface area contributed by atoms with Crippen molar-refractivity contribution < 1.29 is 32.0 Å². The van der Waals surface area contributed by atoms with E-state index in [0.717, 1.165) is 16.7 Å². The topological polar surface area (TPSA) is 79.6 Å². The molecule has 32 heavy (non-hydrogen) atoms. The van der Waals surface area contributed by atoms with Gasteiger partial charge in [0.2, 0.25) is 5.54 Å². The minimum atomic E-state index is -5.27. The highest BCUT2D eigenvalue weighted by Gasteiger charge is 2.72. The van der Waals surface area contributed by atoms with Gasteiger partial charge in [-0.25, -0.2) is 0 Å². The summed E-state index contributed by atoms with van der Waals surface area (Å²) in [6.45, 7) is 5.31. The van der Waals surface area contributed by atoms with Crippen molar-refractivity contribution in [2.45, 2.75) is 45.3 Å². The van der Waals surface area contributed by atoms with Gasteiger partial charge < -0.3 is 9.73 Å². The monoisotopic (exact) mass is 446 g/mol. The Morgan fingerprint density at radius 3 is 2.31 bits per heavy atom. The number of ketones is 1.